The van der Waals surface area contributed by atoms with Crippen molar-refractivity contribution in [2.45, 2.75) is 71.4 Å². The maximum Gasteiger partial charge on any atom is 0.182 e. The number of nitrogens with two attached hydrogens (primary N) is 1. The average molecular weight is 315 g/mol. The first-order chi connectivity index (χ1) is 11.3. The fourth-order valence-corrected chi connectivity index (χ4v) is 2.75. The highest BCUT2D eigenvalue weighted by Crippen LogP contribution is 2.17. The van der Waals surface area contributed by atoms with Crippen LogP contribution in [0.2, 0.25) is 0 Å². The first-order valence-corrected chi connectivity index (χ1v) is 8.90. The van der Waals surface area contributed by atoms with Crippen molar-refractivity contribution in [2.24, 2.45) is 5.73 Å². The number of nitrogens with zero attached hydrogens (tertiary/aromatic N) is 4. The lowest BCUT2D eigenvalue weighted by Crippen LogP contribution is -2.03. The molecule has 1 aromatic carbocycles. The maximum absolute atomic E-state index is 5.64. The minimum atomic E-state index is 0.559. The van der Waals surface area contributed by atoms with E-state index >= 15 is 0 Å². The SMILES string of the molecule is CCCCCCCCCCn1nnnc1-c1ccc(CN)cc1. The van der Waals surface area contributed by atoms with Crippen molar-refractivity contribution in [3.63, 3.8) is 0 Å². The van der Waals surface area contributed by atoms with Crippen molar-refractivity contribution in [1.29, 1.82) is 0 Å². The van der Waals surface area contributed by atoms with Gasteiger partial charge in [-0.15, -0.1) is 5.10 Å². The minimum absolute atomic E-state index is 0.559. The normalized spacial score (nSPS) is 11.0. The number of aromatic nitrogens is 4. The summed E-state index contributed by atoms with van der Waals surface area (Å²) < 4.78 is 1.91. The smallest absolute Gasteiger partial charge is 0.182 e. The van der Waals surface area contributed by atoms with Crippen LogP contribution in [0, 0.1) is 0 Å². The standard InChI is InChI=1S/C18H29N5/c1-2-3-4-5-6-7-8-9-14-23-18(20-21-22-23)17-12-10-16(15-19)11-13-17/h10-13H,2-9,14-15,19H2,1H3. The summed E-state index contributed by atoms with van der Waals surface area (Å²) in [6.45, 7) is 3.70. The Bertz CT molecular complexity index is 547. The van der Waals surface area contributed by atoms with Gasteiger partial charge in [-0.1, -0.05) is 76.1 Å². The van der Waals surface area contributed by atoms with Crippen molar-refractivity contribution in [3.05, 3.63) is 29.8 Å². The van der Waals surface area contributed by atoms with Gasteiger partial charge in [0.05, 0.1) is 0 Å². The third-order valence-electron chi connectivity index (χ3n) is 4.20. The molecular weight excluding hydrogens is 286 g/mol. The molecule has 1 aromatic heterocycles. The van der Waals surface area contributed by atoms with Crippen molar-refractivity contribution in [1.82, 2.24) is 20.2 Å². The second-order valence-electron chi connectivity index (χ2n) is 6.10. The molecule has 2 aromatic rings. The van der Waals surface area contributed by atoms with Crippen molar-refractivity contribution in [2.75, 3.05) is 0 Å². The quantitative estimate of drug-likeness (QED) is 0.638. The van der Waals surface area contributed by atoms with Gasteiger partial charge in [0, 0.05) is 18.7 Å². The fourth-order valence-electron chi connectivity index (χ4n) is 2.75. The number of hydrogen-bond donors (Lipinski definition) is 1. The van der Waals surface area contributed by atoms with Crippen molar-refractivity contribution >= 4 is 0 Å². The molecule has 0 bridgehead atoms. The van der Waals surface area contributed by atoms with Gasteiger partial charge >= 0.3 is 0 Å². The molecule has 0 spiro atoms. The van der Waals surface area contributed by atoms with Gasteiger partial charge in [-0.2, -0.15) is 0 Å². The van der Waals surface area contributed by atoms with Crippen LogP contribution in [-0.4, -0.2) is 20.2 Å². The Kier molecular flexibility index (Phi) is 7.73. The molecule has 0 unspecified atom stereocenters. The Hall–Kier alpha value is -1.75. The number of benzene rings is 1. The number of aryl methyl sites for hydroxylation is 1. The van der Waals surface area contributed by atoms with Gasteiger partial charge in [0.15, 0.2) is 5.82 Å². The number of tetrazole rings is 1. The van der Waals surface area contributed by atoms with Crippen LogP contribution < -0.4 is 5.73 Å². The lowest BCUT2D eigenvalue weighted by molar-refractivity contribution is 0.513. The van der Waals surface area contributed by atoms with E-state index < -0.39 is 0 Å². The molecule has 0 fully saturated rings. The molecular formula is C18H29N5. The van der Waals surface area contributed by atoms with E-state index in [9.17, 15) is 0 Å². The first kappa shape index (κ1) is 17.6. The summed E-state index contributed by atoms with van der Waals surface area (Å²) in [6.07, 6.45) is 10.5. The first-order valence-electron chi connectivity index (χ1n) is 8.90. The summed E-state index contributed by atoms with van der Waals surface area (Å²) in [7, 11) is 0. The van der Waals surface area contributed by atoms with E-state index in [1.807, 2.05) is 28.9 Å². The zero-order valence-electron chi connectivity index (χ0n) is 14.2. The number of hydrogen-bond acceptors (Lipinski definition) is 4. The summed E-state index contributed by atoms with van der Waals surface area (Å²) in [5, 5.41) is 12.1. The van der Waals surface area contributed by atoms with E-state index in [0.717, 1.165) is 29.9 Å². The third-order valence-corrected chi connectivity index (χ3v) is 4.20. The molecule has 2 rings (SSSR count). The maximum atomic E-state index is 5.64. The largest absolute Gasteiger partial charge is 0.326 e. The van der Waals surface area contributed by atoms with Crippen LogP contribution in [0.1, 0.15) is 63.9 Å². The predicted molar refractivity (Wildman–Crippen MR) is 93.8 cm³/mol. The molecule has 23 heavy (non-hydrogen) atoms. The Morgan fingerprint density at radius 2 is 1.57 bits per heavy atom. The molecule has 0 amide bonds. The third kappa shape index (κ3) is 5.75. The molecule has 0 aliphatic heterocycles. The lowest BCUT2D eigenvalue weighted by atomic mass is 10.1. The van der Waals surface area contributed by atoms with E-state index in [4.69, 9.17) is 5.73 Å². The lowest BCUT2D eigenvalue weighted by Gasteiger charge is -2.06. The highest BCUT2D eigenvalue weighted by molar-refractivity contribution is 5.54. The Morgan fingerprint density at radius 3 is 2.22 bits per heavy atom. The molecule has 0 aliphatic rings. The monoisotopic (exact) mass is 315 g/mol. The second-order valence-corrected chi connectivity index (χ2v) is 6.10. The molecule has 2 N–H and O–H groups in total. The molecule has 0 radical (unpaired) electrons. The van der Waals surface area contributed by atoms with Gasteiger partial charge in [-0.05, 0) is 22.4 Å². The van der Waals surface area contributed by atoms with E-state index in [-0.39, 0.29) is 0 Å². The Balaban J connectivity index is 1.75. The highest BCUT2D eigenvalue weighted by atomic mass is 15.5. The molecule has 1 heterocycles. The second kappa shape index (κ2) is 10.1. The van der Waals surface area contributed by atoms with E-state index in [1.54, 1.807) is 0 Å². The Morgan fingerprint density at radius 1 is 0.913 bits per heavy atom. The van der Waals surface area contributed by atoms with Crippen LogP contribution in [0.3, 0.4) is 0 Å². The van der Waals surface area contributed by atoms with Crippen LogP contribution in [0.4, 0.5) is 0 Å². The topological polar surface area (TPSA) is 69.6 Å². The van der Waals surface area contributed by atoms with Gasteiger partial charge in [0.2, 0.25) is 0 Å². The number of unbranched alkanes of at least 4 members (excludes halogenated alkanes) is 7. The summed E-state index contributed by atoms with van der Waals surface area (Å²) in [6, 6.07) is 8.14. The van der Waals surface area contributed by atoms with Crippen molar-refractivity contribution < 1.29 is 0 Å². The van der Waals surface area contributed by atoms with Crippen LogP contribution in [0.5, 0.6) is 0 Å². The molecule has 5 heteroatoms. The van der Waals surface area contributed by atoms with E-state index in [1.165, 1.54) is 44.9 Å². The van der Waals surface area contributed by atoms with Crippen molar-refractivity contribution in [3.8, 4) is 11.4 Å². The summed E-state index contributed by atoms with van der Waals surface area (Å²) in [4.78, 5) is 0. The van der Waals surface area contributed by atoms with E-state index in [0.29, 0.717) is 6.54 Å². The van der Waals surface area contributed by atoms with E-state index in [2.05, 4.69) is 22.4 Å². The number of rotatable bonds is 11. The fraction of sp³-hybridized carbons (Fsp3) is 0.611. The van der Waals surface area contributed by atoms with Gasteiger partial charge in [0.25, 0.3) is 0 Å². The molecule has 126 valence electrons. The molecule has 0 saturated carbocycles. The van der Waals surface area contributed by atoms with Crippen LogP contribution in [-0.2, 0) is 13.1 Å². The van der Waals surface area contributed by atoms with Gasteiger partial charge in [-0.3, -0.25) is 0 Å². The zero-order valence-corrected chi connectivity index (χ0v) is 14.2. The average Bonchev–Trinajstić information content (AvgIpc) is 3.06. The zero-order chi connectivity index (χ0) is 16.3. The van der Waals surface area contributed by atoms with Gasteiger partial charge in [-0.25, -0.2) is 4.68 Å². The van der Waals surface area contributed by atoms with Gasteiger partial charge < -0.3 is 5.73 Å². The minimum Gasteiger partial charge on any atom is -0.326 e. The van der Waals surface area contributed by atoms with Crippen LogP contribution in [0.25, 0.3) is 11.4 Å². The summed E-state index contributed by atoms with van der Waals surface area (Å²) in [5.41, 5.74) is 7.80. The van der Waals surface area contributed by atoms with Crippen LogP contribution in [0.15, 0.2) is 24.3 Å². The molecule has 0 saturated heterocycles. The predicted octanol–water partition coefficient (Wildman–Crippen LogP) is 3.94. The summed E-state index contributed by atoms with van der Waals surface area (Å²) >= 11 is 0. The van der Waals surface area contributed by atoms with Gasteiger partial charge in [0.1, 0.15) is 0 Å². The Labute approximate surface area is 139 Å². The molecule has 0 atom stereocenters. The van der Waals surface area contributed by atoms with Crippen LogP contribution >= 0.6 is 0 Å². The molecule has 5 nitrogen and oxygen atoms in total. The molecule has 0 aliphatic carbocycles. The summed E-state index contributed by atoms with van der Waals surface area (Å²) in [5.74, 6) is 0.844. The highest BCUT2D eigenvalue weighted by Gasteiger charge is 2.08.